The topological polar surface area (TPSA) is 49.6 Å². The number of hydrogen-bond donors (Lipinski definition) is 1. The van der Waals surface area contributed by atoms with Gasteiger partial charge in [-0.1, -0.05) is 24.6 Å². The fraction of sp³-hybridized carbons (Fsp3) is 0.500. The number of anilines is 1. The molecule has 0 fully saturated rings. The zero-order valence-electron chi connectivity index (χ0n) is 11.8. The summed E-state index contributed by atoms with van der Waals surface area (Å²) in [7, 11) is 3.52. The summed E-state index contributed by atoms with van der Waals surface area (Å²) in [4.78, 5) is 15.5. The van der Waals surface area contributed by atoms with Crippen LogP contribution in [0.4, 0.5) is 5.69 Å². The third kappa shape index (κ3) is 4.73. The predicted molar refractivity (Wildman–Crippen MR) is 80.1 cm³/mol. The lowest BCUT2D eigenvalue weighted by molar-refractivity contribution is -0.130. The quantitative estimate of drug-likeness (QED) is 0.815. The van der Waals surface area contributed by atoms with E-state index in [1.165, 1.54) is 0 Å². The predicted octanol–water partition coefficient (Wildman–Crippen LogP) is 2.22. The van der Waals surface area contributed by atoms with Crippen LogP contribution in [0.3, 0.4) is 0 Å². The van der Waals surface area contributed by atoms with E-state index in [4.69, 9.17) is 17.3 Å². The standard InChI is InChI=1S/C14H22ClN3O/c1-4-8-18(10-14(19)17(2)3)9-11-12(15)6-5-7-13(11)16/h5-7H,4,8-10,16H2,1-3H3. The van der Waals surface area contributed by atoms with Crippen molar-refractivity contribution >= 4 is 23.2 Å². The van der Waals surface area contributed by atoms with Crippen molar-refractivity contribution in [2.24, 2.45) is 0 Å². The molecule has 1 amide bonds. The first kappa shape index (κ1) is 15.8. The highest BCUT2D eigenvalue weighted by Crippen LogP contribution is 2.23. The molecule has 0 aliphatic heterocycles. The third-order valence-electron chi connectivity index (χ3n) is 2.93. The summed E-state index contributed by atoms with van der Waals surface area (Å²) in [5.41, 5.74) is 7.51. The maximum absolute atomic E-state index is 11.8. The number of nitrogen functional groups attached to an aromatic ring is 1. The summed E-state index contributed by atoms with van der Waals surface area (Å²) in [5.74, 6) is 0.0825. The van der Waals surface area contributed by atoms with Gasteiger partial charge in [0.25, 0.3) is 0 Å². The molecular formula is C14H22ClN3O. The Morgan fingerprint density at radius 3 is 2.58 bits per heavy atom. The molecule has 1 aromatic carbocycles. The van der Waals surface area contributed by atoms with E-state index in [1.54, 1.807) is 19.0 Å². The minimum Gasteiger partial charge on any atom is -0.398 e. The van der Waals surface area contributed by atoms with Gasteiger partial charge in [-0.3, -0.25) is 9.69 Å². The highest BCUT2D eigenvalue weighted by atomic mass is 35.5. The Kier molecular flexibility index (Phi) is 6.12. The molecule has 106 valence electrons. The first-order valence-electron chi connectivity index (χ1n) is 6.41. The largest absolute Gasteiger partial charge is 0.398 e. The van der Waals surface area contributed by atoms with Gasteiger partial charge in [-0.05, 0) is 25.1 Å². The maximum Gasteiger partial charge on any atom is 0.236 e. The van der Waals surface area contributed by atoms with Gasteiger partial charge in [0, 0.05) is 36.9 Å². The van der Waals surface area contributed by atoms with Crippen molar-refractivity contribution in [3.05, 3.63) is 28.8 Å². The molecule has 1 aromatic rings. The number of carbonyl (C=O) groups is 1. The van der Waals surface area contributed by atoms with E-state index in [2.05, 4.69) is 11.8 Å². The lowest BCUT2D eigenvalue weighted by Gasteiger charge is -2.24. The molecule has 2 N–H and O–H groups in total. The summed E-state index contributed by atoms with van der Waals surface area (Å²) in [6, 6.07) is 5.49. The second-order valence-corrected chi connectivity index (χ2v) is 5.21. The Labute approximate surface area is 120 Å². The van der Waals surface area contributed by atoms with Gasteiger partial charge in [0.15, 0.2) is 0 Å². The van der Waals surface area contributed by atoms with Crippen molar-refractivity contribution in [1.82, 2.24) is 9.80 Å². The Morgan fingerprint density at radius 2 is 2.05 bits per heavy atom. The summed E-state index contributed by atoms with van der Waals surface area (Å²) in [6.45, 7) is 3.90. The number of amides is 1. The van der Waals surface area contributed by atoms with E-state index in [0.717, 1.165) is 18.5 Å². The first-order chi connectivity index (χ1) is 8.95. The molecular weight excluding hydrogens is 262 g/mol. The third-order valence-corrected chi connectivity index (χ3v) is 3.29. The summed E-state index contributed by atoms with van der Waals surface area (Å²) >= 11 is 6.17. The Hall–Kier alpha value is -1.26. The number of rotatable bonds is 6. The number of likely N-dealkylation sites (N-methyl/N-ethyl adjacent to an activating group) is 1. The van der Waals surface area contributed by atoms with Crippen LogP contribution < -0.4 is 5.73 Å². The molecule has 0 aromatic heterocycles. The normalized spacial score (nSPS) is 10.8. The molecule has 0 radical (unpaired) electrons. The minimum atomic E-state index is 0.0825. The summed E-state index contributed by atoms with van der Waals surface area (Å²) in [6.07, 6.45) is 0.977. The molecule has 19 heavy (non-hydrogen) atoms. The van der Waals surface area contributed by atoms with Crippen LogP contribution in [0.15, 0.2) is 18.2 Å². The molecule has 0 spiro atoms. The van der Waals surface area contributed by atoms with Crippen LogP contribution in [-0.2, 0) is 11.3 Å². The van der Waals surface area contributed by atoms with E-state index in [-0.39, 0.29) is 5.91 Å². The summed E-state index contributed by atoms with van der Waals surface area (Å²) < 4.78 is 0. The molecule has 4 nitrogen and oxygen atoms in total. The Bertz CT molecular complexity index is 414. The molecule has 0 saturated carbocycles. The molecule has 0 saturated heterocycles. The Balaban J connectivity index is 2.81. The van der Waals surface area contributed by atoms with Crippen LogP contribution in [0.25, 0.3) is 0 Å². The van der Waals surface area contributed by atoms with Crippen LogP contribution in [-0.4, -0.2) is 42.9 Å². The van der Waals surface area contributed by atoms with Crippen LogP contribution in [0, 0.1) is 0 Å². The van der Waals surface area contributed by atoms with Gasteiger partial charge in [-0.2, -0.15) is 0 Å². The number of hydrogen-bond acceptors (Lipinski definition) is 3. The van der Waals surface area contributed by atoms with Gasteiger partial charge in [0.1, 0.15) is 0 Å². The van der Waals surface area contributed by atoms with Gasteiger partial charge in [0.05, 0.1) is 6.54 Å². The number of benzene rings is 1. The highest BCUT2D eigenvalue weighted by Gasteiger charge is 2.14. The molecule has 0 aliphatic carbocycles. The molecule has 5 heteroatoms. The van der Waals surface area contributed by atoms with Crippen LogP contribution in [0.2, 0.25) is 5.02 Å². The Morgan fingerprint density at radius 1 is 1.37 bits per heavy atom. The molecule has 0 bridgehead atoms. The lowest BCUT2D eigenvalue weighted by atomic mass is 10.1. The van der Waals surface area contributed by atoms with Gasteiger partial charge < -0.3 is 10.6 Å². The van der Waals surface area contributed by atoms with Crippen molar-refractivity contribution in [3.8, 4) is 0 Å². The zero-order chi connectivity index (χ0) is 14.4. The average molecular weight is 284 g/mol. The fourth-order valence-corrected chi connectivity index (χ4v) is 2.07. The number of halogens is 1. The average Bonchev–Trinajstić information content (AvgIpc) is 2.34. The van der Waals surface area contributed by atoms with Crippen molar-refractivity contribution in [2.45, 2.75) is 19.9 Å². The van der Waals surface area contributed by atoms with Crippen LogP contribution in [0.1, 0.15) is 18.9 Å². The van der Waals surface area contributed by atoms with Gasteiger partial charge in [-0.15, -0.1) is 0 Å². The first-order valence-corrected chi connectivity index (χ1v) is 6.78. The molecule has 0 atom stereocenters. The summed E-state index contributed by atoms with van der Waals surface area (Å²) in [5, 5.41) is 0.651. The second-order valence-electron chi connectivity index (χ2n) is 4.81. The second kappa shape index (κ2) is 7.36. The van der Waals surface area contributed by atoms with Gasteiger partial charge in [-0.25, -0.2) is 0 Å². The van der Waals surface area contributed by atoms with Gasteiger partial charge >= 0.3 is 0 Å². The van der Waals surface area contributed by atoms with E-state index in [0.29, 0.717) is 23.8 Å². The highest BCUT2D eigenvalue weighted by molar-refractivity contribution is 6.31. The van der Waals surface area contributed by atoms with Crippen molar-refractivity contribution in [1.29, 1.82) is 0 Å². The molecule has 1 rings (SSSR count). The van der Waals surface area contributed by atoms with Crippen LogP contribution >= 0.6 is 11.6 Å². The van der Waals surface area contributed by atoms with E-state index < -0.39 is 0 Å². The maximum atomic E-state index is 11.8. The smallest absolute Gasteiger partial charge is 0.236 e. The lowest BCUT2D eigenvalue weighted by Crippen LogP contribution is -2.36. The minimum absolute atomic E-state index is 0.0825. The monoisotopic (exact) mass is 283 g/mol. The van der Waals surface area contributed by atoms with Gasteiger partial charge in [0.2, 0.25) is 5.91 Å². The number of carbonyl (C=O) groups excluding carboxylic acids is 1. The number of nitrogens with two attached hydrogens (primary N) is 1. The molecule has 0 heterocycles. The van der Waals surface area contributed by atoms with Crippen LogP contribution in [0.5, 0.6) is 0 Å². The zero-order valence-corrected chi connectivity index (χ0v) is 12.6. The molecule has 0 unspecified atom stereocenters. The van der Waals surface area contributed by atoms with E-state index in [1.807, 2.05) is 18.2 Å². The van der Waals surface area contributed by atoms with Crippen molar-refractivity contribution in [3.63, 3.8) is 0 Å². The fourth-order valence-electron chi connectivity index (χ4n) is 1.83. The van der Waals surface area contributed by atoms with E-state index >= 15 is 0 Å². The SMILES string of the molecule is CCCN(CC(=O)N(C)C)Cc1c(N)cccc1Cl. The molecule has 0 aliphatic rings. The van der Waals surface area contributed by atoms with Crippen molar-refractivity contribution in [2.75, 3.05) is 32.9 Å². The van der Waals surface area contributed by atoms with Crippen molar-refractivity contribution < 1.29 is 4.79 Å². The van der Waals surface area contributed by atoms with E-state index in [9.17, 15) is 4.79 Å². The number of nitrogens with zero attached hydrogens (tertiary/aromatic N) is 2.